The van der Waals surface area contributed by atoms with E-state index in [9.17, 15) is 0 Å². The number of rotatable bonds is 2. The summed E-state index contributed by atoms with van der Waals surface area (Å²) in [5.74, 6) is 0.945. The summed E-state index contributed by atoms with van der Waals surface area (Å²) in [5, 5.41) is 3.67. The lowest BCUT2D eigenvalue weighted by atomic mass is 9.80. The van der Waals surface area contributed by atoms with Gasteiger partial charge in [-0.1, -0.05) is 26.2 Å². The summed E-state index contributed by atoms with van der Waals surface area (Å²) in [6.07, 6.45) is 7.15. The third-order valence-electron chi connectivity index (χ3n) is 4.84. The molecule has 2 rings (SSSR count). The second-order valence-corrected chi connectivity index (χ2v) is 6.81. The Bertz CT molecular complexity index is 249. The third kappa shape index (κ3) is 3.03. The van der Waals surface area contributed by atoms with E-state index in [-0.39, 0.29) is 0 Å². The average molecular weight is 238 g/mol. The van der Waals surface area contributed by atoms with E-state index >= 15 is 0 Å². The first-order valence-electron chi connectivity index (χ1n) is 7.54. The van der Waals surface area contributed by atoms with Gasteiger partial charge in [-0.05, 0) is 39.5 Å². The molecule has 0 aromatic heterocycles. The summed E-state index contributed by atoms with van der Waals surface area (Å²) >= 11 is 0. The van der Waals surface area contributed by atoms with Gasteiger partial charge in [-0.2, -0.15) is 0 Å². The highest BCUT2D eigenvalue weighted by Crippen LogP contribution is 2.33. The Morgan fingerprint density at radius 1 is 1.24 bits per heavy atom. The Kier molecular flexibility index (Phi) is 4.14. The van der Waals surface area contributed by atoms with E-state index in [1.54, 1.807) is 0 Å². The van der Waals surface area contributed by atoms with Crippen LogP contribution in [0.1, 0.15) is 59.8 Å². The van der Waals surface area contributed by atoms with Crippen molar-refractivity contribution in [1.82, 2.24) is 10.2 Å². The van der Waals surface area contributed by atoms with Gasteiger partial charge in [-0.3, -0.25) is 4.90 Å². The summed E-state index contributed by atoms with van der Waals surface area (Å²) in [7, 11) is 0. The molecule has 1 aliphatic heterocycles. The monoisotopic (exact) mass is 238 g/mol. The maximum Gasteiger partial charge on any atom is 0.0253 e. The predicted molar refractivity (Wildman–Crippen MR) is 74.3 cm³/mol. The number of hydrogen-bond acceptors (Lipinski definition) is 2. The lowest BCUT2D eigenvalue weighted by molar-refractivity contribution is 0.0171. The fraction of sp³-hybridized carbons (Fsp3) is 1.00. The molecule has 0 amide bonds. The van der Waals surface area contributed by atoms with Crippen LogP contribution in [0.15, 0.2) is 0 Å². The minimum absolute atomic E-state index is 0.294. The average Bonchev–Trinajstić information content (AvgIpc) is 2.32. The van der Waals surface area contributed by atoms with E-state index in [0.717, 1.165) is 18.5 Å². The molecule has 0 aromatic carbocycles. The van der Waals surface area contributed by atoms with Gasteiger partial charge in [-0.25, -0.2) is 0 Å². The van der Waals surface area contributed by atoms with E-state index in [4.69, 9.17) is 0 Å². The maximum atomic E-state index is 3.67. The molecule has 0 aromatic rings. The van der Waals surface area contributed by atoms with Crippen molar-refractivity contribution < 1.29 is 0 Å². The molecule has 3 atom stereocenters. The summed E-state index contributed by atoms with van der Waals surface area (Å²) < 4.78 is 0. The SMILES string of the molecule is CCC1CCCCC1N1CC(C)(C)NCC1C. The second kappa shape index (κ2) is 5.27. The van der Waals surface area contributed by atoms with E-state index in [0.29, 0.717) is 11.6 Å². The van der Waals surface area contributed by atoms with Gasteiger partial charge in [0.15, 0.2) is 0 Å². The molecule has 2 aliphatic rings. The largest absolute Gasteiger partial charge is 0.309 e. The molecule has 1 heterocycles. The molecule has 0 spiro atoms. The number of piperazine rings is 1. The predicted octanol–water partition coefficient (Wildman–Crippen LogP) is 3.03. The van der Waals surface area contributed by atoms with Crippen LogP contribution in [0.3, 0.4) is 0 Å². The van der Waals surface area contributed by atoms with Gasteiger partial charge in [0.05, 0.1) is 0 Å². The number of nitrogens with zero attached hydrogens (tertiary/aromatic N) is 1. The van der Waals surface area contributed by atoms with Crippen LogP contribution >= 0.6 is 0 Å². The van der Waals surface area contributed by atoms with Crippen LogP contribution in [-0.4, -0.2) is 35.6 Å². The summed E-state index contributed by atoms with van der Waals surface area (Å²) in [6.45, 7) is 11.8. The number of nitrogens with one attached hydrogen (secondary N) is 1. The van der Waals surface area contributed by atoms with Gasteiger partial charge in [-0.15, -0.1) is 0 Å². The van der Waals surface area contributed by atoms with Crippen LogP contribution in [0.4, 0.5) is 0 Å². The minimum atomic E-state index is 0.294. The van der Waals surface area contributed by atoms with Gasteiger partial charge in [0, 0.05) is 30.7 Å². The van der Waals surface area contributed by atoms with Crippen LogP contribution in [0.25, 0.3) is 0 Å². The molecule has 100 valence electrons. The van der Waals surface area contributed by atoms with Crippen molar-refractivity contribution in [1.29, 1.82) is 0 Å². The van der Waals surface area contributed by atoms with Crippen LogP contribution < -0.4 is 5.32 Å². The first-order valence-corrected chi connectivity index (χ1v) is 7.54. The molecule has 1 saturated carbocycles. The van der Waals surface area contributed by atoms with Gasteiger partial charge in [0.1, 0.15) is 0 Å². The molecule has 1 N–H and O–H groups in total. The van der Waals surface area contributed by atoms with Crippen molar-refractivity contribution in [3.63, 3.8) is 0 Å². The zero-order chi connectivity index (χ0) is 12.5. The lowest BCUT2D eigenvalue weighted by Gasteiger charge is -2.50. The molecule has 2 nitrogen and oxygen atoms in total. The van der Waals surface area contributed by atoms with E-state index < -0.39 is 0 Å². The van der Waals surface area contributed by atoms with Crippen molar-refractivity contribution in [3.8, 4) is 0 Å². The summed E-state index contributed by atoms with van der Waals surface area (Å²) in [5.41, 5.74) is 0.294. The Hall–Kier alpha value is -0.0800. The van der Waals surface area contributed by atoms with Gasteiger partial charge in [0.25, 0.3) is 0 Å². The van der Waals surface area contributed by atoms with Gasteiger partial charge < -0.3 is 5.32 Å². The zero-order valence-corrected chi connectivity index (χ0v) is 12.1. The van der Waals surface area contributed by atoms with Crippen LogP contribution in [0, 0.1) is 5.92 Å². The van der Waals surface area contributed by atoms with Crippen molar-refractivity contribution in [2.24, 2.45) is 5.92 Å². The second-order valence-electron chi connectivity index (χ2n) is 6.81. The molecular formula is C15H30N2. The normalized spacial score (nSPS) is 39.2. The molecule has 17 heavy (non-hydrogen) atoms. The summed E-state index contributed by atoms with van der Waals surface area (Å²) in [6, 6.07) is 1.56. The molecule has 2 heteroatoms. The minimum Gasteiger partial charge on any atom is -0.309 e. The lowest BCUT2D eigenvalue weighted by Crippen LogP contribution is -2.64. The van der Waals surface area contributed by atoms with Gasteiger partial charge >= 0.3 is 0 Å². The van der Waals surface area contributed by atoms with Crippen LogP contribution in [-0.2, 0) is 0 Å². The van der Waals surface area contributed by atoms with Crippen molar-refractivity contribution in [2.45, 2.75) is 77.4 Å². The first kappa shape index (κ1) is 13.4. The zero-order valence-electron chi connectivity index (χ0n) is 12.1. The topological polar surface area (TPSA) is 15.3 Å². The highest BCUT2D eigenvalue weighted by atomic mass is 15.3. The fourth-order valence-electron chi connectivity index (χ4n) is 3.75. The molecule has 0 bridgehead atoms. The van der Waals surface area contributed by atoms with Crippen molar-refractivity contribution in [3.05, 3.63) is 0 Å². The molecular weight excluding hydrogens is 208 g/mol. The van der Waals surface area contributed by atoms with Crippen molar-refractivity contribution in [2.75, 3.05) is 13.1 Å². The van der Waals surface area contributed by atoms with E-state index in [2.05, 4.69) is 37.9 Å². The summed E-state index contributed by atoms with van der Waals surface area (Å²) in [4.78, 5) is 2.81. The molecule has 3 unspecified atom stereocenters. The van der Waals surface area contributed by atoms with Crippen LogP contribution in [0.2, 0.25) is 0 Å². The first-order chi connectivity index (χ1) is 8.03. The standard InChI is InChI=1S/C15H30N2/c1-5-13-8-6-7-9-14(13)17-11-15(3,4)16-10-12(17)2/h12-14,16H,5-11H2,1-4H3. The van der Waals surface area contributed by atoms with Crippen molar-refractivity contribution >= 4 is 0 Å². The number of hydrogen-bond donors (Lipinski definition) is 1. The Labute approximate surface area is 107 Å². The van der Waals surface area contributed by atoms with E-state index in [1.165, 1.54) is 38.6 Å². The van der Waals surface area contributed by atoms with Gasteiger partial charge in [0.2, 0.25) is 0 Å². The Balaban J connectivity index is 2.07. The fourth-order valence-corrected chi connectivity index (χ4v) is 3.75. The Morgan fingerprint density at radius 3 is 2.65 bits per heavy atom. The maximum absolute atomic E-state index is 3.67. The molecule has 1 saturated heterocycles. The smallest absolute Gasteiger partial charge is 0.0253 e. The molecule has 1 aliphatic carbocycles. The highest BCUT2D eigenvalue weighted by molar-refractivity contribution is 4.95. The molecule has 2 fully saturated rings. The quantitative estimate of drug-likeness (QED) is 0.795. The highest BCUT2D eigenvalue weighted by Gasteiger charge is 2.37. The third-order valence-corrected chi connectivity index (χ3v) is 4.84. The molecule has 0 radical (unpaired) electrons. The Morgan fingerprint density at radius 2 is 1.94 bits per heavy atom. The van der Waals surface area contributed by atoms with E-state index in [1.807, 2.05) is 0 Å². The van der Waals surface area contributed by atoms with Crippen LogP contribution in [0.5, 0.6) is 0 Å².